The fourth-order valence-electron chi connectivity index (χ4n) is 4.96. The summed E-state index contributed by atoms with van der Waals surface area (Å²) in [5, 5.41) is 2.99. The zero-order chi connectivity index (χ0) is 32.6. The first-order valence-corrected chi connectivity index (χ1v) is 16.4. The minimum atomic E-state index is -4.30. The van der Waals surface area contributed by atoms with Crippen LogP contribution in [0.15, 0.2) is 108 Å². The summed E-state index contributed by atoms with van der Waals surface area (Å²) >= 11 is 0. The van der Waals surface area contributed by atoms with E-state index in [4.69, 9.17) is 0 Å². The van der Waals surface area contributed by atoms with Crippen LogP contribution < -0.4 is 9.62 Å². The molecule has 0 unspecified atom stereocenters. The topological polar surface area (TPSA) is 86.8 Å². The standard InChI is InChI=1S/C36H40FN3O4S/c1-26(2)23-38-36(42)34(22-29-10-6-5-7-11-29)39(24-30-12-8-9-28(4)21-30)35(41)25-40(32-17-13-27(3)14-18-32)45(43,44)33-19-15-31(37)16-20-33/h5-21,26,34H,22-25H2,1-4H3,(H,38,42)/t34-/m0/s1. The number of benzene rings is 4. The molecule has 0 saturated heterocycles. The van der Waals surface area contributed by atoms with Gasteiger partial charge in [0.25, 0.3) is 10.0 Å². The van der Waals surface area contributed by atoms with Gasteiger partial charge in [0, 0.05) is 19.5 Å². The van der Waals surface area contributed by atoms with Gasteiger partial charge in [0.1, 0.15) is 18.4 Å². The number of nitrogens with zero attached hydrogens (tertiary/aromatic N) is 2. The summed E-state index contributed by atoms with van der Waals surface area (Å²) in [5.41, 5.74) is 3.84. The zero-order valence-corrected chi connectivity index (χ0v) is 26.9. The molecule has 45 heavy (non-hydrogen) atoms. The number of hydrogen-bond acceptors (Lipinski definition) is 4. The molecule has 9 heteroatoms. The van der Waals surface area contributed by atoms with Gasteiger partial charge >= 0.3 is 0 Å². The lowest BCUT2D eigenvalue weighted by Gasteiger charge is -2.34. The Bertz CT molecular complexity index is 1690. The third-order valence-corrected chi connectivity index (χ3v) is 9.18. The summed E-state index contributed by atoms with van der Waals surface area (Å²) in [6, 6.07) is 27.4. The van der Waals surface area contributed by atoms with Gasteiger partial charge in [-0.25, -0.2) is 12.8 Å². The van der Waals surface area contributed by atoms with Crippen LogP contribution in [0, 0.1) is 25.6 Å². The fourth-order valence-corrected chi connectivity index (χ4v) is 6.37. The third-order valence-electron chi connectivity index (χ3n) is 7.39. The fraction of sp³-hybridized carbons (Fsp3) is 0.278. The van der Waals surface area contributed by atoms with Crippen molar-refractivity contribution in [2.75, 3.05) is 17.4 Å². The lowest BCUT2D eigenvalue weighted by molar-refractivity contribution is -0.140. The molecule has 0 aliphatic rings. The van der Waals surface area contributed by atoms with Crippen molar-refractivity contribution in [2.24, 2.45) is 5.92 Å². The van der Waals surface area contributed by atoms with E-state index in [-0.39, 0.29) is 35.4 Å². The van der Waals surface area contributed by atoms with Gasteiger partial charge in [0.2, 0.25) is 11.8 Å². The molecule has 4 aromatic rings. The summed E-state index contributed by atoms with van der Waals surface area (Å²) in [7, 11) is -4.30. The van der Waals surface area contributed by atoms with Crippen LogP contribution in [0.4, 0.5) is 10.1 Å². The van der Waals surface area contributed by atoms with Crippen molar-refractivity contribution >= 4 is 27.5 Å². The molecule has 0 aromatic heterocycles. The predicted molar refractivity (Wildman–Crippen MR) is 176 cm³/mol. The minimum absolute atomic E-state index is 0.0887. The molecule has 0 heterocycles. The highest BCUT2D eigenvalue weighted by molar-refractivity contribution is 7.92. The van der Waals surface area contributed by atoms with Crippen molar-refractivity contribution in [1.82, 2.24) is 10.2 Å². The number of rotatable bonds is 13. The van der Waals surface area contributed by atoms with E-state index >= 15 is 0 Å². The molecule has 7 nitrogen and oxygen atoms in total. The molecule has 4 aromatic carbocycles. The number of amides is 2. The summed E-state index contributed by atoms with van der Waals surface area (Å²) in [4.78, 5) is 29.6. The lowest BCUT2D eigenvalue weighted by atomic mass is 10.0. The number of carbonyl (C=O) groups excluding carboxylic acids is 2. The van der Waals surface area contributed by atoms with Crippen LogP contribution in [0.2, 0.25) is 0 Å². The van der Waals surface area contributed by atoms with Crippen molar-refractivity contribution in [3.05, 3.63) is 131 Å². The molecule has 0 aliphatic heterocycles. The van der Waals surface area contributed by atoms with Crippen LogP contribution in [-0.2, 0) is 32.6 Å². The number of halogens is 1. The van der Waals surface area contributed by atoms with Gasteiger partial charge in [-0.1, -0.05) is 91.7 Å². The number of sulfonamides is 1. The second kappa shape index (κ2) is 15.0. The van der Waals surface area contributed by atoms with E-state index in [9.17, 15) is 22.4 Å². The molecule has 0 aliphatic carbocycles. The maximum absolute atomic E-state index is 14.5. The van der Waals surface area contributed by atoms with Gasteiger partial charge < -0.3 is 10.2 Å². The molecule has 0 fully saturated rings. The van der Waals surface area contributed by atoms with Crippen LogP contribution in [0.3, 0.4) is 0 Å². The molecule has 1 N–H and O–H groups in total. The number of aryl methyl sites for hydroxylation is 2. The average molecular weight is 630 g/mol. The number of anilines is 1. The van der Waals surface area contributed by atoms with Crippen LogP contribution >= 0.6 is 0 Å². The van der Waals surface area contributed by atoms with Crippen molar-refractivity contribution in [1.29, 1.82) is 0 Å². The summed E-state index contributed by atoms with van der Waals surface area (Å²) < 4.78 is 42.8. The lowest BCUT2D eigenvalue weighted by Crippen LogP contribution is -2.53. The van der Waals surface area contributed by atoms with E-state index < -0.39 is 34.3 Å². The number of nitrogens with one attached hydrogen (secondary N) is 1. The highest BCUT2D eigenvalue weighted by Gasteiger charge is 2.34. The largest absolute Gasteiger partial charge is 0.354 e. The van der Waals surface area contributed by atoms with E-state index in [1.54, 1.807) is 24.3 Å². The molecule has 1 atom stereocenters. The minimum Gasteiger partial charge on any atom is -0.354 e. The van der Waals surface area contributed by atoms with E-state index in [0.717, 1.165) is 38.7 Å². The SMILES string of the molecule is Cc1ccc(N(CC(=O)N(Cc2cccc(C)c2)[C@@H](Cc2ccccc2)C(=O)NCC(C)C)S(=O)(=O)c2ccc(F)cc2)cc1. The Morgan fingerprint density at radius 1 is 0.800 bits per heavy atom. The second-order valence-electron chi connectivity index (χ2n) is 11.7. The second-order valence-corrected chi connectivity index (χ2v) is 13.5. The summed E-state index contributed by atoms with van der Waals surface area (Å²) in [6.07, 6.45) is 0.234. The highest BCUT2D eigenvalue weighted by atomic mass is 32.2. The Morgan fingerprint density at radius 2 is 1.44 bits per heavy atom. The van der Waals surface area contributed by atoms with Gasteiger partial charge in [-0.05, 0) is 67.3 Å². The molecule has 0 radical (unpaired) electrons. The normalized spacial score (nSPS) is 12.0. The van der Waals surface area contributed by atoms with Crippen molar-refractivity contribution in [2.45, 2.75) is 51.6 Å². The van der Waals surface area contributed by atoms with Gasteiger partial charge in [-0.2, -0.15) is 0 Å². The van der Waals surface area contributed by atoms with E-state index in [1.165, 1.54) is 17.0 Å². The van der Waals surface area contributed by atoms with Crippen LogP contribution in [-0.4, -0.2) is 44.3 Å². The van der Waals surface area contributed by atoms with Crippen LogP contribution in [0.5, 0.6) is 0 Å². The van der Waals surface area contributed by atoms with Gasteiger partial charge in [0.15, 0.2) is 0 Å². The Morgan fingerprint density at radius 3 is 2.07 bits per heavy atom. The molecular formula is C36H40FN3O4S. The van der Waals surface area contributed by atoms with E-state index in [2.05, 4.69) is 5.32 Å². The molecule has 0 spiro atoms. The molecular weight excluding hydrogens is 589 g/mol. The zero-order valence-electron chi connectivity index (χ0n) is 26.1. The Hall–Kier alpha value is -4.50. The molecule has 0 bridgehead atoms. The Kier molecular flexibility index (Phi) is 11.1. The van der Waals surface area contributed by atoms with E-state index in [1.807, 2.05) is 82.3 Å². The predicted octanol–water partition coefficient (Wildman–Crippen LogP) is 6.05. The first-order chi connectivity index (χ1) is 21.4. The number of hydrogen-bond donors (Lipinski definition) is 1. The highest BCUT2D eigenvalue weighted by Crippen LogP contribution is 2.26. The monoisotopic (exact) mass is 629 g/mol. The number of carbonyl (C=O) groups is 2. The van der Waals surface area contributed by atoms with Gasteiger partial charge in [-0.15, -0.1) is 0 Å². The summed E-state index contributed by atoms with van der Waals surface area (Å²) in [6.45, 7) is 7.74. The quantitative estimate of drug-likeness (QED) is 0.195. The van der Waals surface area contributed by atoms with Crippen LogP contribution in [0.25, 0.3) is 0 Å². The maximum atomic E-state index is 14.5. The van der Waals surface area contributed by atoms with Crippen LogP contribution in [0.1, 0.15) is 36.1 Å². The molecule has 2 amide bonds. The Balaban J connectivity index is 1.79. The first kappa shape index (κ1) is 33.4. The van der Waals surface area contributed by atoms with Gasteiger partial charge in [0.05, 0.1) is 10.6 Å². The maximum Gasteiger partial charge on any atom is 0.264 e. The van der Waals surface area contributed by atoms with Crippen molar-refractivity contribution < 1.29 is 22.4 Å². The van der Waals surface area contributed by atoms with E-state index in [0.29, 0.717) is 6.54 Å². The van der Waals surface area contributed by atoms with Crippen molar-refractivity contribution in [3.8, 4) is 0 Å². The molecule has 4 rings (SSSR count). The molecule has 0 saturated carbocycles. The van der Waals surface area contributed by atoms with Crippen molar-refractivity contribution in [3.63, 3.8) is 0 Å². The molecule has 236 valence electrons. The third kappa shape index (κ3) is 9.01. The first-order valence-electron chi connectivity index (χ1n) is 15.0. The average Bonchev–Trinajstić information content (AvgIpc) is 3.01. The van der Waals surface area contributed by atoms with Gasteiger partial charge in [-0.3, -0.25) is 13.9 Å². The Labute approximate surface area is 265 Å². The smallest absolute Gasteiger partial charge is 0.264 e. The summed E-state index contributed by atoms with van der Waals surface area (Å²) in [5.74, 6) is -1.27.